The highest BCUT2D eigenvalue weighted by atomic mass is 32.1. The number of nitrogens with two attached hydrogens (primary N) is 1. The number of carbonyl (C=O) groups is 1. The molecule has 1 fully saturated rings. The van der Waals surface area contributed by atoms with E-state index in [0.717, 1.165) is 36.9 Å². The largest absolute Gasteiger partial charge is 0.338 e. The highest BCUT2D eigenvalue weighted by Crippen LogP contribution is 2.28. The quantitative estimate of drug-likeness (QED) is 0.869. The van der Waals surface area contributed by atoms with E-state index >= 15 is 0 Å². The van der Waals surface area contributed by atoms with Crippen molar-refractivity contribution in [2.45, 2.75) is 25.3 Å². The normalized spacial score (nSPS) is 18.7. The van der Waals surface area contributed by atoms with Crippen LogP contribution in [-0.4, -0.2) is 29.4 Å². The Morgan fingerprint density at radius 1 is 1.32 bits per heavy atom. The molecule has 2 heterocycles. The van der Waals surface area contributed by atoms with Gasteiger partial charge in [0.2, 0.25) is 0 Å². The summed E-state index contributed by atoms with van der Waals surface area (Å²) in [5.41, 5.74) is 6.83. The first-order chi connectivity index (χ1) is 9.07. The molecule has 0 bridgehead atoms. The molecule has 100 valence electrons. The molecule has 1 aromatic heterocycles. The molecule has 1 aromatic carbocycles. The molecule has 0 saturated carbocycles. The van der Waals surface area contributed by atoms with E-state index in [2.05, 4.69) is 13.0 Å². The first-order valence-corrected chi connectivity index (χ1v) is 7.49. The van der Waals surface area contributed by atoms with Crippen molar-refractivity contribution in [3.05, 3.63) is 35.2 Å². The van der Waals surface area contributed by atoms with Gasteiger partial charge in [0.05, 0.1) is 5.56 Å². The van der Waals surface area contributed by atoms with Gasteiger partial charge in [-0.1, -0.05) is 18.2 Å². The van der Waals surface area contributed by atoms with Crippen molar-refractivity contribution >= 4 is 27.3 Å². The molecule has 0 aliphatic carbocycles. The molecule has 3 rings (SSSR count). The Labute approximate surface area is 117 Å². The summed E-state index contributed by atoms with van der Waals surface area (Å²) in [6.07, 6.45) is 1.75. The summed E-state index contributed by atoms with van der Waals surface area (Å²) in [6.45, 7) is 3.58. The number of likely N-dealkylation sites (tertiary alicyclic amines) is 1. The molecule has 2 N–H and O–H groups in total. The maximum Gasteiger partial charge on any atom is 0.255 e. The van der Waals surface area contributed by atoms with E-state index in [-0.39, 0.29) is 11.4 Å². The van der Waals surface area contributed by atoms with Crippen molar-refractivity contribution in [2.75, 3.05) is 13.1 Å². The number of carbonyl (C=O) groups excluding carboxylic acids is 1. The molecule has 1 saturated heterocycles. The second kappa shape index (κ2) is 4.62. The van der Waals surface area contributed by atoms with Crippen LogP contribution in [0.4, 0.5) is 0 Å². The van der Waals surface area contributed by atoms with Crippen LogP contribution in [0.2, 0.25) is 0 Å². The Kier molecular flexibility index (Phi) is 3.07. The Morgan fingerprint density at radius 2 is 2.00 bits per heavy atom. The van der Waals surface area contributed by atoms with Gasteiger partial charge >= 0.3 is 0 Å². The summed E-state index contributed by atoms with van der Waals surface area (Å²) in [7, 11) is 0. The van der Waals surface area contributed by atoms with Crippen LogP contribution in [0.5, 0.6) is 0 Å². The van der Waals surface area contributed by atoms with Crippen molar-refractivity contribution in [3.8, 4) is 0 Å². The molecule has 1 aliphatic heterocycles. The molecule has 1 amide bonds. The number of benzene rings is 1. The third kappa shape index (κ3) is 2.38. The minimum atomic E-state index is -0.118. The summed E-state index contributed by atoms with van der Waals surface area (Å²) in [5, 5.41) is 3.04. The van der Waals surface area contributed by atoms with E-state index in [4.69, 9.17) is 5.73 Å². The van der Waals surface area contributed by atoms with Gasteiger partial charge < -0.3 is 10.6 Å². The number of fused-ring (bicyclic) bond motifs is 1. The number of rotatable bonds is 1. The molecule has 1 aliphatic rings. The Balaban J connectivity index is 1.85. The van der Waals surface area contributed by atoms with E-state index in [1.807, 2.05) is 28.5 Å². The zero-order valence-electron chi connectivity index (χ0n) is 11.1. The lowest BCUT2D eigenvalue weighted by molar-refractivity contribution is 0.0683. The SMILES string of the molecule is CC1(N)CCN(C(=O)c2csc3ccccc23)CC1. The first kappa shape index (κ1) is 12.6. The van der Waals surface area contributed by atoms with Crippen LogP contribution < -0.4 is 5.73 Å². The maximum atomic E-state index is 12.6. The summed E-state index contributed by atoms with van der Waals surface area (Å²) < 4.78 is 1.17. The molecular weight excluding hydrogens is 256 g/mol. The molecule has 0 unspecified atom stereocenters. The van der Waals surface area contributed by atoms with Crippen LogP contribution in [-0.2, 0) is 0 Å². The van der Waals surface area contributed by atoms with Crippen molar-refractivity contribution in [1.82, 2.24) is 4.90 Å². The van der Waals surface area contributed by atoms with Crippen molar-refractivity contribution in [3.63, 3.8) is 0 Å². The topological polar surface area (TPSA) is 46.3 Å². The van der Waals surface area contributed by atoms with Gasteiger partial charge in [-0.05, 0) is 25.8 Å². The van der Waals surface area contributed by atoms with Crippen molar-refractivity contribution in [2.24, 2.45) is 5.73 Å². The highest BCUT2D eigenvalue weighted by Gasteiger charge is 2.29. The summed E-state index contributed by atoms with van der Waals surface area (Å²) in [4.78, 5) is 14.5. The predicted molar refractivity (Wildman–Crippen MR) is 79.6 cm³/mol. The minimum absolute atomic E-state index is 0.118. The lowest BCUT2D eigenvalue weighted by Crippen LogP contribution is -2.49. The fourth-order valence-electron chi connectivity index (χ4n) is 2.53. The van der Waals surface area contributed by atoms with Gasteiger partial charge in [0.15, 0.2) is 0 Å². The number of nitrogens with zero attached hydrogens (tertiary/aromatic N) is 1. The molecule has 0 radical (unpaired) electrons. The zero-order chi connectivity index (χ0) is 13.5. The van der Waals surface area contributed by atoms with Gasteiger partial charge in [0, 0.05) is 34.1 Å². The molecule has 2 aromatic rings. The number of hydrogen-bond acceptors (Lipinski definition) is 3. The Hall–Kier alpha value is -1.39. The first-order valence-electron chi connectivity index (χ1n) is 6.61. The Bertz CT molecular complexity index is 607. The van der Waals surface area contributed by atoms with Crippen LogP contribution in [0.15, 0.2) is 29.6 Å². The number of hydrogen-bond donors (Lipinski definition) is 1. The van der Waals surface area contributed by atoms with Crippen LogP contribution in [0.1, 0.15) is 30.1 Å². The monoisotopic (exact) mass is 274 g/mol. The van der Waals surface area contributed by atoms with E-state index in [1.165, 1.54) is 4.70 Å². The van der Waals surface area contributed by atoms with Gasteiger partial charge in [-0.15, -0.1) is 11.3 Å². The van der Waals surface area contributed by atoms with E-state index in [1.54, 1.807) is 11.3 Å². The zero-order valence-corrected chi connectivity index (χ0v) is 11.9. The average molecular weight is 274 g/mol. The molecular formula is C15H18N2OS. The molecule has 3 nitrogen and oxygen atoms in total. The van der Waals surface area contributed by atoms with E-state index in [9.17, 15) is 4.79 Å². The molecule has 0 spiro atoms. The number of piperidine rings is 1. The van der Waals surface area contributed by atoms with E-state index < -0.39 is 0 Å². The molecule has 19 heavy (non-hydrogen) atoms. The number of thiophene rings is 1. The van der Waals surface area contributed by atoms with Gasteiger partial charge in [-0.3, -0.25) is 4.79 Å². The van der Waals surface area contributed by atoms with Crippen LogP contribution in [0, 0.1) is 0 Å². The van der Waals surface area contributed by atoms with Crippen molar-refractivity contribution < 1.29 is 4.79 Å². The second-order valence-electron chi connectivity index (χ2n) is 5.59. The van der Waals surface area contributed by atoms with Gasteiger partial charge in [0.25, 0.3) is 5.91 Å². The van der Waals surface area contributed by atoms with Gasteiger partial charge in [-0.25, -0.2) is 0 Å². The lowest BCUT2D eigenvalue weighted by Gasteiger charge is -2.36. The van der Waals surface area contributed by atoms with Crippen LogP contribution in [0.3, 0.4) is 0 Å². The summed E-state index contributed by atoms with van der Waals surface area (Å²) in [5.74, 6) is 0.146. The average Bonchev–Trinajstić information content (AvgIpc) is 2.82. The maximum absolute atomic E-state index is 12.6. The lowest BCUT2D eigenvalue weighted by atomic mass is 9.91. The van der Waals surface area contributed by atoms with Crippen LogP contribution >= 0.6 is 11.3 Å². The third-order valence-electron chi connectivity index (χ3n) is 3.90. The standard InChI is InChI=1S/C15H18N2OS/c1-15(16)6-8-17(9-7-15)14(18)12-10-19-13-5-3-2-4-11(12)13/h2-5,10H,6-9,16H2,1H3. The number of amides is 1. The fourth-order valence-corrected chi connectivity index (χ4v) is 3.47. The third-order valence-corrected chi connectivity index (χ3v) is 4.87. The van der Waals surface area contributed by atoms with E-state index in [0.29, 0.717) is 0 Å². The van der Waals surface area contributed by atoms with Gasteiger partial charge in [0.1, 0.15) is 0 Å². The van der Waals surface area contributed by atoms with Crippen molar-refractivity contribution in [1.29, 1.82) is 0 Å². The molecule has 4 heteroatoms. The predicted octanol–water partition coefficient (Wildman–Crippen LogP) is 2.85. The summed E-state index contributed by atoms with van der Waals surface area (Å²) in [6, 6.07) is 8.08. The molecule has 0 atom stereocenters. The van der Waals surface area contributed by atoms with Crippen LogP contribution in [0.25, 0.3) is 10.1 Å². The summed E-state index contributed by atoms with van der Waals surface area (Å²) >= 11 is 1.63. The fraction of sp³-hybridized carbons (Fsp3) is 0.400. The highest BCUT2D eigenvalue weighted by molar-refractivity contribution is 7.17. The van der Waals surface area contributed by atoms with Gasteiger partial charge in [-0.2, -0.15) is 0 Å². The second-order valence-corrected chi connectivity index (χ2v) is 6.50. The smallest absolute Gasteiger partial charge is 0.255 e. The minimum Gasteiger partial charge on any atom is -0.338 e. The Morgan fingerprint density at radius 3 is 2.74 bits per heavy atom.